The van der Waals surface area contributed by atoms with E-state index >= 15 is 0 Å². The lowest BCUT2D eigenvalue weighted by Crippen LogP contribution is -2.25. The normalized spacial score (nSPS) is 16.3. The van der Waals surface area contributed by atoms with Crippen LogP contribution in [0.2, 0.25) is 0 Å². The third-order valence-electron chi connectivity index (χ3n) is 4.95. The van der Waals surface area contributed by atoms with Crippen LogP contribution >= 0.6 is 0 Å². The van der Waals surface area contributed by atoms with Crippen molar-refractivity contribution in [3.8, 4) is 5.75 Å². The van der Waals surface area contributed by atoms with Crippen molar-refractivity contribution in [1.29, 1.82) is 0 Å². The van der Waals surface area contributed by atoms with Crippen LogP contribution in [0.25, 0.3) is 0 Å². The van der Waals surface area contributed by atoms with Crippen LogP contribution < -0.4 is 10.1 Å². The van der Waals surface area contributed by atoms with Gasteiger partial charge in [-0.3, -0.25) is 0 Å². The molecule has 4 nitrogen and oxygen atoms in total. The minimum atomic E-state index is -4.38. The minimum absolute atomic E-state index is 0.108. The Hall–Kier alpha value is -2.70. The largest absolute Gasteiger partial charge is 0.493 e. The molecule has 1 aliphatic heterocycles. The highest BCUT2D eigenvalue weighted by molar-refractivity contribution is 5.67. The number of amides is 1. The summed E-state index contributed by atoms with van der Waals surface area (Å²) in [6, 6.07) is 13.1. The lowest BCUT2D eigenvalue weighted by atomic mass is 9.89. The molecule has 0 spiro atoms. The van der Waals surface area contributed by atoms with Crippen molar-refractivity contribution in [3.05, 3.63) is 65.2 Å². The summed E-state index contributed by atoms with van der Waals surface area (Å²) in [5.74, 6) is 0.425. The molecule has 0 aliphatic carbocycles. The van der Waals surface area contributed by atoms with Gasteiger partial charge in [0.25, 0.3) is 0 Å². The van der Waals surface area contributed by atoms with Crippen LogP contribution in [0, 0.1) is 0 Å². The van der Waals surface area contributed by atoms with E-state index in [1.165, 1.54) is 6.07 Å². The molecule has 0 fully saturated rings. The second-order valence-electron chi connectivity index (χ2n) is 7.07. The van der Waals surface area contributed by atoms with Gasteiger partial charge in [-0.05, 0) is 54.9 Å². The first-order valence-electron chi connectivity index (χ1n) is 9.72. The van der Waals surface area contributed by atoms with Crippen molar-refractivity contribution in [2.24, 2.45) is 0 Å². The molecule has 1 amide bonds. The number of carbonyl (C=O) groups is 1. The molecule has 1 atom stereocenters. The fraction of sp³-hybridized carbons (Fsp3) is 0.409. The fourth-order valence-electron chi connectivity index (χ4n) is 3.45. The monoisotopic (exact) mass is 407 g/mol. The number of halogens is 3. The van der Waals surface area contributed by atoms with Crippen molar-refractivity contribution in [3.63, 3.8) is 0 Å². The van der Waals surface area contributed by atoms with Crippen molar-refractivity contribution in [2.45, 2.75) is 44.4 Å². The van der Waals surface area contributed by atoms with E-state index in [2.05, 4.69) is 5.32 Å². The Morgan fingerprint density at radius 3 is 2.72 bits per heavy atom. The zero-order valence-corrected chi connectivity index (χ0v) is 16.0. The summed E-state index contributed by atoms with van der Waals surface area (Å²) in [5, 5.41) is 2.72. The van der Waals surface area contributed by atoms with Gasteiger partial charge in [0.15, 0.2) is 0 Å². The Morgan fingerprint density at radius 2 is 1.97 bits per heavy atom. The zero-order chi connectivity index (χ0) is 20.7. The Balaban J connectivity index is 1.47. The summed E-state index contributed by atoms with van der Waals surface area (Å²) < 4.78 is 49.5. The van der Waals surface area contributed by atoms with Gasteiger partial charge >= 0.3 is 12.3 Å². The van der Waals surface area contributed by atoms with Crippen LogP contribution in [-0.2, 0) is 17.5 Å². The van der Waals surface area contributed by atoms with Gasteiger partial charge in [0.05, 0.1) is 12.2 Å². The number of ether oxygens (including phenoxy) is 2. The van der Waals surface area contributed by atoms with Gasteiger partial charge in [0.2, 0.25) is 0 Å². The maximum absolute atomic E-state index is 12.9. The van der Waals surface area contributed by atoms with E-state index in [1.807, 2.05) is 30.3 Å². The smallest absolute Gasteiger partial charge is 0.416 e. The van der Waals surface area contributed by atoms with Crippen LogP contribution in [-0.4, -0.2) is 19.2 Å². The van der Waals surface area contributed by atoms with E-state index in [-0.39, 0.29) is 12.5 Å². The van der Waals surface area contributed by atoms with E-state index in [9.17, 15) is 18.0 Å². The van der Waals surface area contributed by atoms with Crippen LogP contribution in [0.15, 0.2) is 48.5 Å². The van der Waals surface area contributed by atoms with Crippen molar-refractivity contribution < 1.29 is 27.4 Å². The first-order chi connectivity index (χ1) is 13.9. The number of hydrogen-bond donors (Lipinski definition) is 1. The lowest BCUT2D eigenvalue weighted by Gasteiger charge is -2.18. The van der Waals surface area contributed by atoms with Gasteiger partial charge in [0, 0.05) is 6.54 Å². The molecule has 0 radical (unpaired) electrons. The number of hydrogen-bond acceptors (Lipinski definition) is 3. The van der Waals surface area contributed by atoms with Gasteiger partial charge in [-0.1, -0.05) is 36.4 Å². The quantitative estimate of drug-likeness (QED) is 0.628. The standard InChI is InChI=1S/C22H24F3NO3/c23-22(24,25)18-10-11-19-17(9-5-13-28-20(19)14-18)8-4-12-26-21(27)29-15-16-6-2-1-3-7-16/h1-3,6-7,10-11,14,17H,4-5,8-9,12-13,15H2,(H,26,27). The van der Waals surface area contributed by atoms with Crippen LogP contribution in [0.3, 0.4) is 0 Å². The number of rotatable bonds is 6. The van der Waals surface area contributed by atoms with Crippen molar-refractivity contribution in [2.75, 3.05) is 13.2 Å². The highest BCUT2D eigenvalue weighted by Crippen LogP contribution is 2.39. The molecule has 0 saturated heterocycles. The van der Waals surface area contributed by atoms with Gasteiger partial charge in [0.1, 0.15) is 12.4 Å². The first kappa shape index (κ1) is 21.0. The van der Waals surface area contributed by atoms with E-state index in [0.29, 0.717) is 25.3 Å². The van der Waals surface area contributed by atoms with E-state index in [1.54, 1.807) is 0 Å². The summed E-state index contributed by atoms with van der Waals surface area (Å²) in [5.41, 5.74) is 1.03. The minimum Gasteiger partial charge on any atom is -0.493 e. The lowest BCUT2D eigenvalue weighted by molar-refractivity contribution is -0.137. The molecule has 0 saturated carbocycles. The summed E-state index contributed by atoms with van der Waals surface area (Å²) in [6.45, 7) is 1.07. The molecule has 2 aromatic carbocycles. The maximum Gasteiger partial charge on any atom is 0.416 e. The van der Waals surface area contributed by atoms with Gasteiger partial charge in [-0.15, -0.1) is 0 Å². The Morgan fingerprint density at radius 1 is 1.17 bits per heavy atom. The number of benzene rings is 2. The number of fused-ring (bicyclic) bond motifs is 1. The highest BCUT2D eigenvalue weighted by atomic mass is 19.4. The van der Waals surface area contributed by atoms with Crippen LogP contribution in [0.4, 0.5) is 18.0 Å². The fourth-order valence-corrected chi connectivity index (χ4v) is 3.45. The Kier molecular flexibility index (Phi) is 7.01. The zero-order valence-electron chi connectivity index (χ0n) is 16.0. The summed E-state index contributed by atoms with van der Waals surface area (Å²) in [6.07, 6.45) is -1.78. The Labute approximate surface area is 168 Å². The molecular weight excluding hydrogens is 383 g/mol. The summed E-state index contributed by atoms with van der Waals surface area (Å²) >= 11 is 0. The first-order valence-corrected chi connectivity index (χ1v) is 9.72. The third-order valence-corrected chi connectivity index (χ3v) is 4.95. The molecule has 0 bridgehead atoms. The third kappa shape index (κ3) is 6.14. The highest BCUT2D eigenvalue weighted by Gasteiger charge is 2.32. The predicted octanol–water partition coefficient (Wildman–Crippen LogP) is 5.67. The average molecular weight is 407 g/mol. The Bertz CT molecular complexity index is 809. The van der Waals surface area contributed by atoms with Gasteiger partial charge < -0.3 is 14.8 Å². The topological polar surface area (TPSA) is 47.6 Å². The second kappa shape index (κ2) is 9.67. The molecule has 3 rings (SSSR count). The molecule has 1 aliphatic rings. The predicted molar refractivity (Wildman–Crippen MR) is 103 cm³/mol. The van der Waals surface area contributed by atoms with Crippen molar-refractivity contribution in [1.82, 2.24) is 5.32 Å². The number of carbonyl (C=O) groups excluding carboxylic acids is 1. The molecule has 1 heterocycles. The molecule has 156 valence electrons. The van der Waals surface area contributed by atoms with E-state index in [0.717, 1.165) is 42.5 Å². The van der Waals surface area contributed by atoms with E-state index in [4.69, 9.17) is 9.47 Å². The van der Waals surface area contributed by atoms with E-state index < -0.39 is 17.8 Å². The van der Waals surface area contributed by atoms with Crippen LogP contribution in [0.5, 0.6) is 5.75 Å². The number of alkyl carbamates (subject to hydrolysis) is 1. The molecule has 2 aromatic rings. The molecule has 7 heteroatoms. The average Bonchev–Trinajstić information content (AvgIpc) is 2.91. The maximum atomic E-state index is 12.9. The summed E-state index contributed by atoms with van der Waals surface area (Å²) in [4.78, 5) is 11.8. The number of nitrogens with one attached hydrogen (secondary N) is 1. The van der Waals surface area contributed by atoms with Crippen LogP contribution in [0.1, 0.15) is 48.3 Å². The molecule has 1 unspecified atom stereocenters. The number of alkyl halides is 3. The molecule has 29 heavy (non-hydrogen) atoms. The summed E-state index contributed by atoms with van der Waals surface area (Å²) in [7, 11) is 0. The van der Waals surface area contributed by atoms with Gasteiger partial charge in [-0.25, -0.2) is 4.79 Å². The molecular formula is C22H24F3NO3. The van der Waals surface area contributed by atoms with Crippen molar-refractivity contribution >= 4 is 6.09 Å². The molecule has 0 aromatic heterocycles. The second-order valence-corrected chi connectivity index (χ2v) is 7.07. The SMILES string of the molecule is O=C(NCCCC1CCCOc2cc(C(F)(F)F)ccc21)OCc1ccccc1. The molecule has 1 N–H and O–H groups in total. The van der Waals surface area contributed by atoms with Gasteiger partial charge in [-0.2, -0.15) is 13.2 Å².